The number of nitro groups is 1. The fourth-order valence-corrected chi connectivity index (χ4v) is 3.96. The van der Waals surface area contributed by atoms with Crippen LogP contribution in [0.3, 0.4) is 0 Å². The minimum absolute atomic E-state index is 0.0208. The molecular formula is C19H24N4O5. The fraction of sp³-hybridized carbons (Fsp3) is 0.526. The number of nitrogens with zero attached hydrogens (tertiary/aromatic N) is 3. The zero-order valence-electron chi connectivity index (χ0n) is 16.2. The van der Waals surface area contributed by atoms with Gasteiger partial charge in [-0.1, -0.05) is 13.8 Å². The molecule has 2 aliphatic heterocycles. The summed E-state index contributed by atoms with van der Waals surface area (Å²) in [7, 11) is 1.73. The van der Waals surface area contributed by atoms with Crippen molar-refractivity contribution in [3.8, 4) is 0 Å². The number of hydrogen-bond acceptors (Lipinski definition) is 6. The maximum Gasteiger partial charge on any atom is 0.330 e. The molecule has 2 aliphatic rings. The van der Waals surface area contributed by atoms with Gasteiger partial charge in [0.05, 0.1) is 4.92 Å². The lowest BCUT2D eigenvalue weighted by Gasteiger charge is -2.45. The van der Waals surface area contributed by atoms with Gasteiger partial charge < -0.3 is 4.90 Å². The maximum absolute atomic E-state index is 13.3. The maximum atomic E-state index is 13.3. The van der Waals surface area contributed by atoms with Crippen LogP contribution >= 0.6 is 0 Å². The molecule has 9 heteroatoms. The number of nitro benzene ring substituents is 1. The molecule has 9 nitrogen and oxygen atoms in total. The first-order valence-corrected chi connectivity index (χ1v) is 9.31. The van der Waals surface area contributed by atoms with E-state index >= 15 is 0 Å². The minimum atomic E-state index is -1.47. The lowest BCUT2D eigenvalue weighted by molar-refractivity contribution is -0.384. The van der Waals surface area contributed by atoms with Crippen LogP contribution in [0.15, 0.2) is 18.2 Å². The highest BCUT2D eigenvalue weighted by atomic mass is 16.6. The Morgan fingerprint density at radius 1 is 1.29 bits per heavy atom. The van der Waals surface area contributed by atoms with Crippen molar-refractivity contribution < 1.29 is 19.3 Å². The van der Waals surface area contributed by atoms with Gasteiger partial charge in [0.25, 0.3) is 5.69 Å². The average Bonchev–Trinajstić information content (AvgIpc) is 2.62. The summed E-state index contributed by atoms with van der Waals surface area (Å²) in [5.41, 5.74) is -0.288. The van der Waals surface area contributed by atoms with Gasteiger partial charge in [0.15, 0.2) is 0 Å². The number of barbiturate groups is 1. The Morgan fingerprint density at radius 2 is 2.00 bits per heavy atom. The van der Waals surface area contributed by atoms with E-state index in [-0.39, 0.29) is 25.2 Å². The zero-order valence-corrected chi connectivity index (χ0v) is 16.2. The lowest BCUT2D eigenvalue weighted by atomic mass is 9.74. The van der Waals surface area contributed by atoms with Crippen LogP contribution in [-0.2, 0) is 16.0 Å². The second kappa shape index (κ2) is 7.21. The number of hydrogen-bond donors (Lipinski definition) is 1. The predicted octanol–water partition coefficient (Wildman–Crippen LogP) is 2.09. The molecule has 1 N–H and O–H groups in total. The Hall–Kier alpha value is -2.97. The number of amides is 4. The quantitative estimate of drug-likeness (QED) is 0.469. The largest absolute Gasteiger partial charge is 0.373 e. The van der Waals surface area contributed by atoms with Crippen molar-refractivity contribution in [1.82, 2.24) is 10.2 Å². The van der Waals surface area contributed by atoms with E-state index < -0.39 is 28.2 Å². The summed E-state index contributed by atoms with van der Waals surface area (Å²) >= 11 is 0. The van der Waals surface area contributed by atoms with Gasteiger partial charge >= 0.3 is 6.03 Å². The van der Waals surface area contributed by atoms with Crippen LogP contribution in [0.25, 0.3) is 0 Å². The summed E-state index contributed by atoms with van der Waals surface area (Å²) in [5.74, 6) is -0.743. The highest BCUT2D eigenvalue weighted by Gasteiger charge is 2.56. The van der Waals surface area contributed by atoms with Gasteiger partial charge in [-0.3, -0.25) is 29.9 Å². The van der Waals surface area contributed by atoms with E-state index in [0.717, 1.165) is 17.0 Å². The first kappa shape index (κ1) is 19.8. The van der Waals surface area contributed by atoms with E-state index in [4.69, 9.17) is 0 Å². The van der Waals surface area contributed by atoms with Crippen molar-refractivity contribution in [2.24, 2.45) is 11.3 Å². The molecule has 28 heavy (non-hydrogen) atoms. The Balaban J connectivity index is 1.94. The molecule has 1 aromatic carbocycles. The Labute approximate surface area is 162 Å². The van der Waals surface area contributed by atoms with Crippen molar-refractivity contribution in [2.45, 2.75) is 33.1 Å². The first-order chi connectivity index (χ1) is 13.2. The highest BCUT2D eigenvalue weighted by molar-refractivity contribution is 6.20. The van der Waals surface area contributed by atoms with Gasteiger partial charge in [-0.2, -0.15) is 0 Å². The average molecular weight is 388 g/mol. The third-order valence-electron chi connectivity index (χ3n) is 5.40. The molecule has 4 amide bonds. The van der Waals surface area contributed by atoms with E-state index in [1.165, 1.54) is 12.1 Å². The number of carbonyl (C=O) groups excluding carboxylic acids is 3. The standard InChI is InChI=1S/C19H24N4O5/c1-12(2)5-4-8-22-17(25)19(16(24)20-18(22)26)10-13-9-14(23(27)28)6-7-15(13)21(3)11-19/h6-7,9,12H,4-5,8,10-11H2,1-3H3,(H,20,24,26). The summed E-state index contributed by atoms with van der Waals surface area (Å²) in [6.45, 7) is 4.46. The second-order valence-corrected chi connectivity index (χ2v) is 7.94. The molecule has 1 spiro atoms. The van der Waals surface area contributed by atoms with E-state index in [1.807, 2.05) is 0 Å². The van der Waals surface area contributed by atoms with Crippen molar-refractivity contribution >= 4 is 29.2 Å². The van der Waals surface area contributed by atoms with Gasteiger partial charge in [0.1, 0.15) is 5.41 Å². The molecule has 3 rings (SSSR count). The van der Waals surface area contributed by atoms with Crippen molar-refractivity contribution in [2.75, 3.05) is 25.0 Å². The van der Waals surface area contributed by atoms with Gasteiger partial charge in [-0.05, 0) is 36.8 Å². The molecule has 1 fully saturated rings. The van der Waals surface area contributed by atoms with Crippen LogP contribution in [0.5, 0.6) is 0 Å². The summed E-state index contributed by atoms with van der Waals surface area (Å²) < 4.78 is 0. The van der Waals surface area contributed by atoms with E-state index in [0.29, 0.717) is 17.9 Å². The third kappa shape index (κ3) is 3.32. The monoisotopic (exact) mass is 388 g/mol. The topological polar surface area (TPSA) is 113 Å². The number of fused-ring (bicyclic) bond motifs is 1. The number of non-ortho nitro benzene ring substituents is 1. The van der Waals surface area contributed by atoms with Crippen molar-refractivity contribution in [3.63, 3.8) is 0 Å². The first-order valence-electron chi connectivity index (χ1n) is 9.31. The van der Waals surface area contributed by atoms with E-state index in [9.17, 15) is 24.5 Å². The molecule has 0 bridgehead atoms. The smallest absolute Gasteiger partial charge is 0.330 e. The van der Waals surface area contributed by atoms with Crippen LogP contribution in [0, 0.1) is 21.4 Å². The third-order valence-corrected chi connectivity index (χ3v) is 5.40. The summed E-state index contributed by atoms with van der Waals surface area (Å²) in [6, 6.07) is 3.72. The molecule has 1 unspecified atom stereocenters. The number of nitrogens with one attached hydrogen (secondary N) is 1. The predicted molar refractivity (Wildman–Crippen MR) is 102 cm³/mol. The Morgan fingerprint density at radius 3 is 2.64 bits per heavy atom. The Bertz CT molecular complexity index is 853. The number of benzene rings is 1. The van der Waals surface area contributed by atoms with E-state index in [1.54, 1.807) is 18.0 Å². The molecule has 0 aliphatic carbocycles. The van der Waals surface area contributed by atoms with Crippen LogP contribution in [0.2, 0.25) is 0 Å². The van der Waals surface area contributed by atoms with Crippen molar-refractivity contribution in [3.05, 3.63) is 33.9 Å². The molecule has 1 saturated heterocycles. The zero-order chi connectivity index (χ0) is 20.6. The van der Waals surface area contributed by atoms with Crippen molar-refractivity contribution in [1.29, 1.82) is 0 Å². The second-order valence-electron chi connectivity index (χ2n) is 7.94. The number of anilines is 1. The molecular weight excluding hydrogens is 364 g/mol. The van der Waals surface area contributed by atoms with Crippen LogP contribution in [-0.4, -0.2) is 47.8 Å². The summed E-state index contributed by atoms with van der Waals surface area (Å²) in [6.07, 6.45) is 1.53. The number of carbonyl (C=O) groups is 3. The SMILES string of the molecule is CC(C)CCCN1C(=O)NC(=O)C2(Cc3cc([N+](=O)[O-])ccc3N(C)C2)C1=O. The molecule has 0 radical (unpaired) electrons. The van der Waals surface area contributed by atoms with E-state index in [2.05, 4.69) is 19.2 Å². The number of urea groups is 1. The molecule has 0 saturated carbocycles. The molecule has 150 valence electrons. The summed E-state index contributed by atoms with van der Waals surface area (Å²) in [4.78, 5) is 51.7. The minimum Gasteiger partial charge on any atom is -0.373 e. The highest BCUT2D eigenvalue weighted by Crippen LogP contribution is 2.40. The fourth-order valence-electron chi connectivity index (χ4n) is 3.96. The number of rotatable bonds is 5. The Kier molecular flexibility index (Phi) is 5.10. The van der Waals surface area contributed by atoms with Crippen LogP contribution in [0.1, 0.15) is 32.3 Å². The number of imide groups is 2. The van der Waals surface area contributed by atoms with Crippen LogP contribution in [0.4, 0.5) is 16.2 Å². The summed E-state index contributed by atoms with van der Waals surface area (Å²) in [5, 5.41) is 13.4. The molecule has 1 atom stereocenters. The van der Waals surface area contributed by atoms with Gasteiger partial charge in [0.2, 0.25) is 11.8 Å². The van der Waals surface area contributed by atoms with Crippen LogP contribution < -0.4 is 10.2 Å². The normalized spacial score (nSPS) is 21.9. The van der Waals surface area contributed by atoms with Gasteiger partial charge in [0, 0.05) is 38.0 Å². The molecule has 1 aromatic rings. The van der Waals surface area contributed by atoms with Gasteiger partial charge in [-0.15, -0.1) is 0 Å². The molecule has 0 aromatic heterocycles. The van der Waals surface area contributed by atoms with Gasteiger partial charge in [-0.25, -0.2) is 4.79 Å². The lowest BCUT2D eigenvalue weighted by Crippen LogP contribution is -2.68. The molecule has 2 heterocycles.